The molecule has 0 saturated carbocycles. The van der Waals surface area contributed by atoms with E-state index in [1.807, 2.05) is 41.4 Å². The van der Waals surface area contributed by atoms with Gasteiger partial charge in [0, 0.05) is 42.5 Å². The van der Waals surface area contributed by atoms with Crippen LogP contribution < -0.4 is 10.2 Å². The van der Waals surface area contributed by atoms with Gasteiger partial charge in [-0.2, -0.15) is 0 Å². The minimum absolute atomic E-state index is 0.00672. The van der Waals surface area contributed by atoms with E-state index in [1.165, 1.54) is 10.4 Å². The van der Waals surface area contributed by atoms with Crippen LogP contribution >= 0.6 is 11.3 Å². The Labute approximate surface area is 156 Å². The molecule has 6 heteroatoms. The minimum atomic E-state index is 0.00672. The minimum Gasteiger partial charge on any atom is -0.370 e. The topological polar surface area (TPSA) is 58.1 Å². The quantitative estimate of drug-likeness (QED) is 0.750. The van der Waals surface area contributed by atoms with Gasteiger partial charge in [0.05, 0.1) is 10.6 Å². The number of anilines is 2. The van der Waals surface area contributed by atoms with E-state index in [9.17, 15) is 4.79 Å². The number of rotatable bonds is 5. The van der Waals surface area contributed by atoms with Gasteiger partial charge in [-0.1, -0.05) is 18.2 Å². The number of hydrogen-bond acceptors (Lipinski definition) is 5. The second-order valence-corrected chi connectivity index (χ2v) is 7.63. The van der Waals surface area contributed by atoms with Crippen molar-refractivity contribution in [3.05, 3.63) is 69.8 Å². The summed E-state index contributed by atoms with van der Waals surface area (Å²) < 4.78 is 0. The van der Waals surface area contributed by atoms with Crippen molar-refractivity contribution < 1.29 is 4.79 Å². The maximum Gasteiger partial charge on any atom is 0.259 e. The second kappa shape index (κ2) is 7.25. The lowest BCUT2D eigenvalue weighted by atomic mass is 10.2. The number of carbonyl (C=O) groups excluding carboxylic acids is 1. The van der Waals surface area contributed by atoms with Gasteiger partial charge in [0.15, 0.2) is 0 Å². The highest BCUT2D eigenvalue weighted by Gasteiger charge is 2.25. The lowest BCUT2D eigenvalue weighted by Crippen LogP contribution is -2.28. The number of nitrogens with one attached hydrogen (secondary N) is 1. The maximum absolute atomic E-state index is 12.8. The largest absolute Gasteiger partial charge is 0.370 e. The Morgan fingerprint density at radius 3 is 2.85 bits per heavy atom. The van der Waals surface area contributed by atoms with Crippen LogP contribution in [-0.4, -0.2) is 29.0 Å². The number of fused-ring (bicyclic) bond motifs is 1. The summed E-state index contributed by atoms with van der Waals surface area (Å²) in [5.74, 6) is 0.781. The summed E-state index contributed by atoms with van der Waals surface area (Å²) in [5, 5.41) is 4.40. The molecule has 3 heterocycles. The molecule has 1 N–H and O–H groups in total. The van der Waals surface area contributed by atoms with Gasteiger partial charge in [0.2, 0.25) is 0 Å². The van der Waals surface area contributed by atoms with Crippen LogP contribution in [0.3, 0.4) is 0 Å². The zero-order valence-corrected chi connectivity index (χ0v) is 15.4. The van der Waals surface area contributed by atoms with Gasteiger partial charge in [0.1, 0.15) is 5.82 Å². The van der Waals surface area contributed by atoms with E-state index >= 15 is 0 Å². The lowest BCUT2D eigenvalue weighted by Gasteiger charge is -2.17. The molecule has 0 bridgehead atoms. The standard InChI is InChI=1S/C20H20N4OS/c1-14-12-23-19(26-14)8-10-21-18-7-6-16(13-22-18)20(25)24-11-9-15-4-2-3-5-17(15)24/h2-7,12-13H,8-11H2,1H3,(H,21,22). The van der Waals surface area contributed by atoms with Crippen LogP contribution in [0.2, 0.25) is 0 Å². The molecule has 0 atom stereocenters. The van der Waals surface area contributed by atoms with Crippen LogP contribution in [0, 0.1) is 6.92 Å². The average molecular weight is 364 g/mol. The Hall–Kier alpha value is -2.73. The fraction of sp³-hybridized carbons (Fsp3) is 0.250. The van der Waals surface area contributed by atoms with Crippen molar-refractivity contribution in [2.75, 3.05) is 23.3 Å². The zero-order valence-electron chi connectivity index (χ0n) is 14.6. The molecule has 0 aliphatic carbocycles. The number of hydrogen-bond donors (Lipinski definition) is 1. The second-order valence-electron chi connectivity index (χ2n) is 6.31. The summed E-state index contributed by atoms with van der Waals surface area (Å²) in [4.78, 5) is 24.6. The van der Waals surface area contributed by atoms with Crippen LogP contribution in [0.25, 0.3) is 0 Å². The lowest BCUT2D eigenvalue weighted by molar-refractivity contribution is 0.0989. The predicted octanol–water partition coefficient (Wildman–Crippen LogP) is 3.70. The highest BCUT2D eigenvalue weighted by molar-refractivity contribution is 7.11. The maximum atomic E-state index is 12.8. The van der Waals surface area contributed by atoms with Gasteiger partial charge in [0.25, 0.3) is 5.91 Å². The van der Waals surface area contributed by atoms with Gasteiger partial charge in [-0.3, -0.25) is 4.79 Å². The van der Waals surface area contributed by atoms with Gasteiger partial charge in [-0.15, -0.1) is 11.3 Å². The Morgan fingerprint density at radius 2 is 2.08 bits per heavy atom. The smallest absolute Gasteiger partial charge is 0.259 e. The summed E-state index contributed by atoms with van der Waals surface area (Å²) in [6.45, 7) is 3.56. The number of thiazole rings is 1. The number of amides is 1. The predicted molar refractivity (Wildman–Crippen MR) is 105 cm³/mol. The first-order chi connectivity index (χ1) is 12.7. The third-order valence-electron chi connectivity index (χ3n) is 4.46. The van der Waals surface area contributed by atoms with Gasteiger partial charge < -0.3 is 10.2 Å². The van der Waals surface area contributed by atoms with E-state index in [0.717, 1.165) is 42.4 Å². The van der Waals surface area contributed by atoms with Crippen molar-refractivity contribution in [1.29, 1.82) is 0 Å². The fourth-order valence-corrected chi connectivity index (χ4v) is 3.93. The Morgan fingerprint density at radius 1 is 1.19 bits per heavy atom. The molecule has 3 aromatic rings. The Kier molecular flexibility index (Phi) is 4.67. The van der Waals surface area contributed by atoms with E-state index in [2.05, 4.69) is 28.3 Å². The zero-order chi connectivity index (χ0) is 17.9. The third kappa shape index (κ3) is 3.46. The molecule has 4 rings (SSSR count). The molecular weight excluding hydrogens is 344 g/mol. The van der Waals surface area contributed by atoms with E-state index in [-0.39, 0.29) is 5.91 Å². The summed E-state index contributed by atoms with van der Waals surface area (Å²) in [6, 6.07) is 11.8. The van der Waals surface area contributed by atoms with Crippen molar-refractivity contribution >= 4 is 28.7 Å². The number of nitrogens with zero attached hydrogens (tertiary/aromatic N) is 3. The number of pyridine rings is 1. The number of aryl methyl sites for hydroxylation is 1. The first-order valence-corrected chi connectivity index (χ1v) is 9.53. The molecular formula is C20H20N4OS. The molecule has 0 radical (unpaired) electrons. The molecule has 1 amide bonds. The Balaban J connectivity index is 1.37. The fourth-order valence-electron chi connectivity index (χ4n) is 3.14. The van der Waals surface area contributed by atoms with Crippen molar-refractivity contribution in [1.82, 2.24) is 9.97 Å². The van der Waals surface area contributed by atoms with Gasteiger partial charge >= 0.3 is 0 Å². The number of para-hydroxylation sites is 1. The Bertz CT molecular complexity index is 920. The van der Waals surface area contributed by atoms with Crippen LogP contribution in [-0.2, 0) is 12.8 Å². The van der Waals surface area contributed by atoms with E-state index < -0.39 is 0 Å². The van der Waals surface area contributed by atoms with E-state index in [0.29, 0.717) is 5.56 Å². The van der Waals surface area contributed by atoms with Crippen molar-refractivity contribution in [2.45, 2.75) is 19.8 Å². The van der Waals surface area contributed by atoms with Crippen LogP contribution in [0.1, 0.15) is 25.8 Å². The third-order valence-corrected chi connectivity index (χ3v) is 5.43. The summed E-state index contributed by atoms with van der Waals surface area (Å²) in [7, 11) is 0. The van der Waals surface area contributed by atoms with Crippen LogP contribution in [0.5, 0.6) is 0 Å². The van der Waals surface area contributed by atoms with Crippen molar-refractivity contribution in [3.8, 4) is 0 Å². The molecule has 1 aliphatic heterocycles. The molecule has 2 aromatic heterocycles. The highest BCUT2D eigenvalue weighted by Crippen LogP contribution is 2.28. The van der Waals surface area contributed by atoms with E-state index in [1.54, 1.807) is 17.5 Å². The first-order valence-electron chi connectivity index (χ1n) is 8.72. The first kappa shape index (κ1) is 16.7. The molecule has 0 unspecified atom stereocenters. The number of carbonyl (C=O) groups is 1. The normalized spacial score (nSPS) is 12.9. The van der Waals surface area contributed by atoms with Crippen molar-refractivity contribution in [2.24, 2.45) is 0 Å². The monoisotopic (exact) mass is 364 g/mol. The van der Waals surface area contributed by atoms with Crippen LogP contribution in [0.4, 0.5) is 11.5 Å². The highest BCUT2D eigenvalue weighted by atomic mass is 32.1. The molecule has 0 fully saturated rings. The van der Waals surface area contributed by atoms with E-state index in [4.69, 9.17) is 0 Å². The van der Waals surface area contributed by atoms with Crippen LogP contribution in [0.15, 0.2) is 48.8 Å². The number of benzene rings is 1. The van der Waals surface area contributed by atoms with Gasteiger partial charge in [-0.05, 0) is 37.1 Å². The van der Waals surface area contributed by atoms with Gasteiger partial charge in [-0.25, -0.2) is 9.97 Å². The summed E-state index contributed by atoms with van der Waals surface area (Å²) in [5.41, 5.74) is 2.85. The summed E-state index contributed by atoms with van der Waals surface area (Å²) >= 11 is 1.72. The molecule has 0 spiro atoms. The molecule has 26 heavy (non-hydrogen) atoms. The molecule has 5 nitrogen and oxygen atoms in total. The molecule has 1 aliphatic rings. The molecule has 0 saturated heterocycles. The molecule has 132 valence electrons. The van der Waals surface area contributed by atoms with Crippen molar-refractivity contribution in [3.63, 3.8) is 0 Å². The average Bonchev–Trinajstić information content (AvgIpc) is 3.28. The summed E-state index contributed by atoms with van der Waals surface area (Å²) in [6.07, 6.45) is 5.32. The SMILES string of the molecule is Cc1cnc(CCNc2ccc(C(=O)N3CCc4ccccc43)cn2)s1. The number of aromatic nitrogens is 2. The molecule has 1 aromatic carbocycles.